The quantitative estimate of drug-likeness (QED) is 0.708. The summed E-state index contributed by atoms with van der Waals surface area (Å²) < 4.78 is 16.0. The summed E-state index contributed by atoms with van der Waals surface area (Å²) in [5, 5.41) is 10.4. The molecule has 0 unspecified atom stereocenters. The second-order valence-corrected chi connectivity index (χ2v) is 6.65. The molecule has 1 saturated carbocycles. The first kappa shape index (κ1) is 18.5. The first-order valence-corrected chi connectivity index (χ1v) is 9.00. The highest BCUT2D eigenvalue weighted by Crippen LogP contribution is 2.29. The fourth-order valence-electron chi connectivity index (χ4n) is 2.94. The van der Waals surface area contributed by atoms with Gasteiger partial charge in [0.25, 0.3) is 0 Å². The van der Waals surface area contributed by atoms with Gasteiger partial charge in [-0.15, -0.1) is 0 Å². The van der Waals surface area contributed by atoms with Crippen LogP contribution in [0.3, 0.4) is 0 Å². The van der Waals surface area contributed by atoms with Gasteiger partial charge in [-0.1, -0.05) is 12.1 Å². The zero-order valence-corrected chi connectivity index (χ0v) is 15.4. The molecule has 1 aliphatic carbocycles. The van der Waals surface area contributed by atoms with Crippen LogP contribution in [0, 0.1) is 0 Å². The molecule has 3 rings (SSSR count). The molecule has 5 nitrogen and oxygen atoms in total. The van der Waals surface area contributed by atoms with Gasteiger partial charge < -0.3 is 19.3 Å². The van der Waals surface area contributed by atoms with E-state index in [4.69, 9.17) is 14.2 Å². The Hall–Kier alpha value is -2.24. The maximum absolute atomic E-state index is 10.4. The Bertz CT molecular complexity index is 667. The summed E-state index contributed by atoms with van der Waals surface area (Å²) in [5.41, 5.74) is 1.22. The van der Waals surface area contributed by atoms with Gasteiger partial charge in [-0.25, -0.2) is 0 Å². The van der Waals surface area contributed by atoms with E-state index in [0.717, 1.165) is 23.8 Å². The first-order chi connectivity index (χ1) is 12.7. The Morgan fingerprint density at radius 2 is 1.46 bits per heavy atom. The van der Waals surface area contributed by atoms with Crippen molar-refractivity contribution in [1.29, 1.82) is 0 Å². The molecule has 0 aliphatic heterocycles. The van der Waals surface area contributed by atoms with Crippen LogP contribution in [0.2, 0.25) is 0 Å². The highest BCUT2D eigenvalue weighted by molar-refractivity contribution is 5.31. The molecule has 140 valence electrons. The van der Waals surface area contributed by atoms with Crippen LogP contribution >= 0.6 is 0 Å². The third-order valence-corrected chi connectivity index (χ3v) is 4.56. The highest BCUT2D eigenvalue weighted by atomic mass is 16.5. The van der Waals surface area contributed by atoms with Crippen LogP contribution in [0.4, 0.5) is 0 Å². The summed E-state index contributed by atoms with van der Waals surface area (Å²) in [5.74, 6) is 2.38. The van der Waals surface area contributed by atoms with E-state index in [9.17, 15) is 5.11 Å². The fraction of sp³-hybridized carbons (Fsp3) is 0.429. The Labute approximate surface area is 155 Å². The standard InChI is InChI=1S/C21H27NO4/c1-24-19-7-3-16(4-8-19)13-22(17-5-6-17)14-18(23)15-26-21-11-9-20(25-2)10-12-21/h3-4,7-12,17-18,23H,5-6,13-15H2,1-2H3/t18-/m0/s1. The SMILES string of the molecule is COc1ccc(CN(C[C@H](O)COc2ccc(OC)cc2)C2CC2)cc1. The van der Waals surface area contributed by atoms with E-state index in [-0.39, 0.29) is 6.61 Å². The maximum atomic E-state index is 10.4. The van der Waals surface area contributed by atoms with Crippen LogP contribution in [-0.4, -0.2) is 49.5 Å². The molecule has 5 heteroatoms. The summed E-state index contributed by atoms with van der Waals surface area (Å²) in [7, 11) is 3.31. The summed E-state index contributed by atoms with van der Waals surface area (Å²) in [6.45, 7) is 1.71. The zero-order valence-electron chi connectivity index (χ0n) is 15.4. The minimum atomic E-state index is -0.532. The molecule has 1 aliphatic rings. The number of hydrogen-bond acceptors (Lipinski definition) is 5. The zero-order chi connectivity index (χ0) is 18.4. The molecule has 0 saturated heterocycles. The molecule has 0 bridgehead atoms. The molecule has 0 radical (unpaired) electrons. The van der Waals surface area contributed by atoms with Crippen LogP contribution < -0.4 is 14.2 Å². The van der Waals surface area contributed by atoms with Crippen molar-refractivity contribution >= 4 is 0 Å². The topological polar surface area (TPSA) is 51.2 Å². The van der Waals surface area contributed by atoms with Gasteiger partial charge in [-0.2, -0.15) is 0 Å². The predicted octanol–water partition coefficient (Wildman–Crippen LogP) is 3.11. The molecule has 2 aromatic carbocycles. The van der Waals surface area contributed by atoms with Crippen LogP contribution in [0.15, 0.2) is 48.5 Å². The number of aliphatic hydroxyl groups excluding tert-OH is 1. The van der Waals surface area contributed by atoms with Crippen molar-refractivity contribution in [2.75, 3.05) is 27.4 Å². The molecule has 0 spiro atoms. The monoisotopic (exact) mass is 357 g/mol. The number of aliphatic hydroxyl groups is 1. The molecular formula is C21H27NO4. The van der Waals surface area contributed by atoms with E-state index >= 15 is 0 Å². The van der Waals surface area contributed by atoms with Crippen molar-refractivity contribution in [1.82, 2.24) is 4.90 Å². The smallest absolute Gasteiger partial charge is 0.119 e. The molecule has 1 N–H and O–H groups in total. The van der Waals surface area contributed by atoms with Crippen molar-refractivity contribution in [3.63, 3.8) is 0 Å². The minimum absolute atomic E-state index is 0.276. The number of methoxy groups -OCH3 is 2. The summed E-state index contributed by atoms with van der Waals surface area (Å²) in [4.78, 5) is 2.34. The Balaban J connectivity index is 1.50. The van der Waals surface area contributed by atoms with Gasteiger partial charge in [-0.3, -0.25) is 4.90 Å². The lowest BCUT2D eigenvalue weighted by molar-refractivity contribution is 0.0626. The van der Waals surface area contributed by atoms with E-state index in [1.165, 1.54) is 18.4 Å². The Morgan fingerprint density at radius 1 is 0.923 bits per heavy atom. The van der Waals surface area contributed by atoms with Gasteiger partial charge in [-0.05, 0) is 54.8 Å². The lowest BCUT2D eigenvalue weighted by atomic mass is 10.2. The molecule has 0 amide bonds. The van der Waals surface area contributed by atoms with E-state index < -0.39 is 6.10 Å². The second-order valence-electron chi connectivity index (χ2n) is 6.65. The normalized spacial score (nSPS) is 14.9. The van der Waals surface area contributed by atoms with Gasteiger partial charge in [0.2, 0.25) is 0 Å². The predicted molar refractivity (Wildman–Crippen MR) is 101 cm³/mol. The van der Waals surface area contributed by atoms with Crippen molar-refractivity contribution in [3.05, 3.63) is 54.1 Å². The van der Waals surface area contributed by atoms with Crippen LogP contribution in [0.5, 0.6) is 17.2 Å². The first-order valence-electron chi connectivity index (χ1n) is 9.00. The molecule has 0 aromatic heterocycles. The van der Waals surface area contributed by atoms with Crippen molar-refractivity contribution < 1.29 is 19.3 Å². The van der Waals surface area contributed by atoms with Gasteiger partial charge in [0, 0.05) is 19.1 Å². The Kier molecular flexibility index (Phi) is 6.36. The summed E-state index contributed by atoms with van der Waals surface area (Å²) in [6.07, 6.45) is 1.86. The van der Waals surface area contributed by atoms with Gasteiger partial charge in [0.15, 0.2) is 0 Å². The lowest BCUT2D eigenvalue weighted by Crippen LogP contribution is -2.36. The third-order valence-electron chi connectivity index (χ3n) is 4.56. The summed E-state index contributed by atoms with van der Waals surface area (Å²) >= 11 is 0. The molecule has 26 heavy (non-hydrogen) atoms. The minimum Gasteiger partial charge on any atom is -0.497 e. The second kappa shape index (κ2) is 8.92. The number of ether oxygens (including phenoxy) is 3. The number of benzene rings is 2. The largest absolute Gasteiger partial charge is 0.497 e. The summed E-state index contributed by atoms with van der Waals surface area (Å²) in [6, 6.07) is 16.1. The van der Waals surface area contributed by atoms with Crippen molar-refractivity contribution in [2.45, 2.75) is 31.5 Å². The molecule has 2 aromatic rings. The average molecular weight is 357 g/mol. The van der Waals surface area contributed by atoms with E-state index in [1.807, 2.05) is 36.4 Å². The van der Waals surface area contributed by atoms with Gasteiger partial charge >= 0.3 is 0 Å². The van der Waals surface area contributed by atoms with Crippen LogP contribution in [0.25, 0.3) is 0 Å². The number of nitrogens with zero attached hydrogens (tertiary/aromatic N) is 1. The Morgan fingerprint density at radius 3 is 2.00 bits per heavy atom. The molecule has 1 atom stereocenters. The fourth-order valence-corrected chi connectivity index (χ4v) is 2.94. The van der Waals surface area contributed by atoms with Crippen molar-refractivity contribution in [3.8, 4) is 17.2 Å². The van der Waals surface area contributed by atoms with E-state index in [0.29, 0.717) is 12.6 Å². The van der Waals surface area contributed by atoms with Crippen molar-refractivity contribution in [2.24, 2.45) is 0 Å². The van der Waals surface area contributed by atoms with Gasteiger partial charge in [0.1, 0.15) is 30.0 Å². The molecular weight excluding hydrogens is 330 g/mol. The maximum Gasteiger partial charge on any atom is 0.119 e. The number of rotatable bonds is 10. The average Bonchev–Trinajstić information content (AvgIpc) is 3.52. The lowest BCUT2D eigenvalue weighted by Gasteiger charge is -2.25. The van der Waals surface area contributed by atoms with Crippen LogP contribution in [0.1, 0.15) is 18.4 Å². The highest BCUT2D eigenvalue weighted by Gasteiger charge is 2.30. The van der Waals surface area contributed by atoms with E-state index in [1.54, 1.807) is 14.2 Å². The number of hydrogen-bond donors (Lipinski definition) is 1. The third kappa shape index (κ3) is 5.38. The van der Waals surface area contributed by atoms with Gasteiger partial charge in [0.05, 0.1) is 14.2 Å². The van der Waals surface area contributed by atoms with E-state index in [2.05, 4.69) is 17.0 Å². The molecule has 1 fully saturated rings. The molecule has 0 heterocycles. The van der Waals surface area contributed by atoms with Crippen LogP contribution in [-0.2, 0) is 6.54 Å².